The minimum atomic E-state index is -0.0750. The highest BCUT2D eigenvalue weighted by molar-refractivity contribution is 4.79. The molecule has 1 atom stereocenters. The zero-order valence-electron chi connectivity index (χ0n) is 9.99. The van der Waals surface area contributed by atoms with E-state index in [2.05, 4.69) is 11.9 Å². The van der Waals surface area contributed by atoms with Crippen molar-refractivity contribution in [2.75, 3.05) is 20.1 Å². The summed E-state index contributed by atoms with van der Waals surface area (Å²) in [6.07, 6.45) is 9.27. The fraction of sp³-hybridized carbons (Fsp3) is 1.00. The van der Waals surface area contributed by atoms with Crippen LogP contribution in [0.1, 0.15) is 44.9 Å². The fourth-order valence-corrected chi connectivity index (χ4v) is 2.80. The number of nitrogens with zero attached hydrogens (tertiary/aromatic N) is 1. The molecular formula is C13H25NO. The van der Waals surface area contributed by atoms with Crippen molar-refractivity contribution < 1.29 is 5.11 Å². The maximum Gasteiger partial charge on any atom is 0.0695 e. The number of aliphatic hydroxyl groups excluding tert-OH is 1. The first-order valence-electron chi connectivity index (χ1n) is 6.62. The lowest BCUT2D eigenvalue weighted by atomic mass is 9.85. The smallest absolute Gasteiger partial charge is 0.0695 e. The molecule has 0 aromatic rings. The maximum atomic E-state index is 10.1. The molecule has 2 fully saturated rings. The van der Waals surface area contributed by atoms with E-state index >= 15 is 0 Å². The monoisotopic (exact) mass is 211 g/mol. The third kappa shape index (κ3) is 3.76. The van der Waals surface area contributed by atoms with Crippen molar-refractivity contribution in [3.8, 4) is 0 Å². The number of likely N-dealkylation sites (N-methyl/N-ethyl adjacent to an activating group) is 1. The lowest BCUT2D eigenvalue weighted by Gasteiger charge is -2.29. The average molecular weight is 211 g/mol. The zero-order valence-corrected chi connectivity index (χ0v) is 9.99. The van der Waals surface area contributed by atoms with Crippen molar-refractivity contribution in [1.82, 2.24) is 4.90 Å². The molecule has 1 unspecified atom stereocenters. The summed E-state index contributed by atoms with van der Waals surface area (Å²) in [5.74, 6) is 1.52. The molecule has 0 heterocycles. The largest absolute Gasteiger partial charge is 0.392 e. The number of rotatable bonds is 5. The van der Waals surface area contributed by atoms with Gasteiger partial charge in [0.1, 0.15) is 0 Å². The molecule has 88 valence electrons. The Kier molecular flexibility index (Phi) is 4.04. The van der Waals surface area contributed by atoms with Crippen molar-refractivity contribution in [3.63, 3.8) is 0 Å². The van der Waals surface area contributed by atoms with Gasteiger partial charge in [0.2, 0.25) is 0 Å². The van der Waals surface area contributed by atoms with Gasteiger partial charge in [0.15, 0.2) is 0 Å². The van der Waals surface area contributed by atoms with E-state index in [0.717, 1.165) is 12.5 Å². The van der Waals surface area contributed by atoms with Gasteiger partial charge in [-0.3, -0.25) is 0 Å². The highest BCUT2D eigenvalue weighted by atomic mass is 16.3. The first-order chi connectivity index (χ1) is 7.25. The Labute approximate surface area is 93.7 Å². The van der Waals surface area contributed by atoms with Crippen molar-refractivity contribution in [2.45, 2.75) is 51.0 Å². The van der Waals surface area contributed by atoms with Gasteiger partial charge in [-0.05, 0) is 44.6 Å². The van der Waals surface area contributed by atoms with Crippen LogP contribution in [0.3, 0.4) is 0 Å². The Morgan fingerprint density at radius 2 is 1.80 bits per heavy atom. The minimum Gasteiger partial charge on any atom is -0.392 e. The summed E-state index contributed by atoms with van der Waals surface area (Å²) >= 11 is 0. The maximum absolute atomic E-state index is 10.1. The Morgan fingerprint density at radius 1 is 1.13 bits per heavy atom. The summed E-state index contributed by atoms with van der Waals surface area (Å²) in [5, 5.41) is 10.1. The van der Waals surface area contributed by atoms with Crippen LogP contribution in [0.15, 0.2) is 0 Å². The van der Waals surface area contributed by atoms with E-state index in [4.69, 9.17) is 0 Å². The van der Waals surface area contributed by atoms with Crippen molar-refractivity contribution in [2.24, 2.45) is 11.8 Å². The van der Waals surface area contributed by atoms with Gasteiger partial charge in [0.05, 0.1) is 6.10 Å². The summed E-state index contributed by atoms with van der Waals surface area (Å²) in [5.41, 5.74) is 0. The van der Waals surface area contributed by atoms with Crippen molar-refractivity contribution in [1.29, 1.82) is 0 Å². The van der Waals surface area contributed by atoms with Gasteiger partial charge in [0.25, 0.3) is 0 Å². The summed E-state index contributed by atoms with van der Waals surface area (Å²) in [6, 6.07) is 0. The zero-order chi connectivity index (χ0) is 10.7. The van der Waals surface area contributed by atoms with Gasteiger partial charge in [-0.25, -0.2) is 0 Å². The molecule has 0 aromatic heterocycles. The normalized spacial score (nSPS) is 25.8. The first kappa shape index (κ1) is 11.4. The third-order valence-electron chi connectivity index (χ3n) is 3.96. The minimum absolute atomic E-state index is 0.0750. The molecule has 2 aliphatic rings. The molecular weight excluding hydrogens is 186 g/mol. The predicted octanol–water partition coefficient (Wildman–Crippen LogP) is 2.27. The molecule has 2 nitrogen and oxygen atoms in total. The molecule has 2 saturated carbocycles. The van der Waals surface area contributed by atoms with Crippen LogP contribution in [0.25, 0.3) is 0 Å². The van der Waals surface area contributed by atoms with E-state index in [0.29, 0.717) is 5.92 Å². The summed E-state index contributed by atoms with van der Waals surface area (Å²) in [7, 11) is 2.16. The van der Waals surface area contributed by atoms with Crippen LogP contribution in [-0.4, -0.2) is 36.2 Å². The molecule has 0 spiro atoms. The standard InChI is InChI=1S/C13H25NO/c1-14(9-11-7-8-11)10-13(15)12-5-3-2-4-6-12/h11-13,15H,2-10H2,1H3. The van der Waals surface area contributed by atoms with Gasteiger partial charge >= 0.3 is 0 Å². The Balaban J connectivity index is 1.66. The molecule has 0 radical (unpaired) electrons. The second kappa shape index (κ2) is 5.31. The van der Waals surface area contributed by atoms with E-state index < -0.39 is 0 Å². The van der Waals surface area contributed by atoms with Crippen LogP contribution in [0.5, 0.6) is 0 Å². The number of hydrogen-bond acceptors (Lipinski definition) is 2. The fourth-order valence-electron chi connectivity index (χ4n) is 2.80. The molecule has 2 heteroatoms. The molecule has 1 N–H and O–H groups in total. The number of aliphatic hydroxyl groups is 1. The average Bonchev–Trinajstić information content (AvgIpc) is 3.03. The van der Waals surface area contributed by atoms with Gasteiger partial charge < -0.3 is 10.0 Å². The second-order valence-corrected chi connectivity index (χ2v) is 5.63. The highest BCUT2D eigenvalue weighted by Gasteiger charge is 2.26. The Hall–Kier alpha value is -0.0800. The summed E-state index contributed by atoms with van der Waals surface area (Å²) in [6.45, 7) is 2.09. The van der Waals surface area contributed by atoms with E-state index in [-0.39, 0.29) is 6.10 Å². The second-order valence-electron chi connectivity index (χ2n) is 5.63. The van der Waals surface area contributed by atoms with Crippen molar-refractivity contribution in [3.05, 3.63) is 0 Å². The SMILES string of the molecule is CN(CC1CC1)CC(O)C1CCCCC1. The Bertz CT molecular complexity index is 185. The molecule has 2 aliphatic carbocycles. The molecule has 0 aliphatic heterocycles. The van der Waals surface area contributed by atoms with E-state index in [9.17, 15) is 5.11 Å². The van der Waals surface area contributed by atoms with Crippen LogP contribution in [0.4, 0.5) is 0 Å². The molecule has 0 bridgehead atoms. The van der Waals surface area contributed by atoms with E-state index in [1.54, 1.807) is 0 Å². The number of hydrogen-bond donors (Lipinski definition) is 1. The van der Waals surface area contributed by atoms with Gasteiger partial charge in [-0.15, -0.1) is 0 Å². The van der Waals surface area contributed by atoms with Gasteiger partial charge in [-0.1, -0.05) is 19.3 Å². The van der Waals surface area contributed by atoms with E-state index in [1.165, 1.54) is 51.5 Å². The lowest BCUT2D eigenvalue weighted by molar-refractivity contribution is 0.0539. The summed E-state index contributed by atoms with van der Waals surface area (Å²) in [4.78, 5) is 2.33. The van der Waals surface area contributed by atoms with Gasteiger partial charge in [0, 0.05) is 13.1 Å². The Morgan fingerprint density at radius 3 is 2.40 bits per heavy atom. The van der Waals surface area contributed by atoms with Crippen LogP contribution >= 0.6 is 0 Å². The van der Waals surface area contributed by atoms with Crippen LogP contribution in [0.2, 0.25) is 0 Å². The van der Waals surface area contributed by atoms with Crippen molar-refractivity contribution >= 4 is 0 Å². The third-order valence-corrected chi connectivity index (χ3v) is 3.96. The van der Waals surface area contributed by atoms with Crippen LogP contribution < -0.4 is 0 Å². The quantitative estimate of drug-likeness (QED) is 0.754. The van der Waals surface area contributed by atoms with Gasteiger partial charge in [-0.2, -0.15) is 0 Å². The molecule has 0 aromatic carbocycles. The topological polar surface area (TPSA) is 23.5 Å². The molecule has 0 saturated heterocycles. The molecule has 2 rings (SSSR count). The molecule has 15 heavy (non-hydrogen) atoms. The van der Waals surface area contributed by atoms with Crippen LogP contribution in [0, 0.1) is 11.8 Å². The first-order valence-corrected chi connectivity index (χ1v) is 6.62. The predicted molar refractivity (Wildman–Crippen MR) is 62.8 cm³/mol. The highest BCUT2D eigenvalue weighted by Crippen LogP contribution is 2.30. The lowest BCUT2D eigenvalue weighted by Crippen LogP contribution is -2.36. The summed E-state index contributed by atoms with van der Waals surface area (Å²) < 4.78 is 0. The van der Waals surface area contributed by atoms with Crippen LogP contribution in [-0.2, 0) is 0 Å². The van der Waals surface area contributed by atoms with E-state index in [1.807, 2.05) is 0 Å². The molecule has 0 amide bonds.